The first-order chi connectivity index (χ1) is 12.1. The summed E-state index contributed by atoms with van der Waals surface area (Å²) in [4.78, 5) is 23.3. The van der Waals surface area contributed by atoms with E-state index in [9.17, 15) is 9.59 Å². The van der Waals surface area contributed by atoms with Gasteiger partial charge in [0, 0.05) is 18.2 Å². The van der Waals surface area contributed by atoms with Crippen LogP contribution in [0.5, 0.6) is 5.75 Å². The Balaban J connectivity index is 1.45. The van der Waals surface area contributed by atoms with Crippen molar-refractivity contribution in [2.75, 3.05) is 13.2 Å². The number of aliphatic carboxylic acids is 1. The third kappa shape index (κ3) is 4.95. The fraction of sp³-hybridized carbons (Fsp3) is 0.579. The summed E-state index contributed by atoms with van der Waals surface area (Å²) in [5.74, 6) is -0.393. The monoisotopic (exact) mass is 347 g/mol. The molecule has 1 saturated heterocycles. The van der Waals surface area contributed by atoms with E-state index in [1.54, 1.807) is 24.3 Å². The van der Waals surface area contributed by atoms with E-state index in [1.807, 2.05) is 0 Å². The van der Waals surface area contributed by atoms with Gasteiger partial charge in [0.2, 0.25) is 0 Å². The zero-order valence-corrected chi connectivity index (χ0v) is 14.3. The van der Waals surface area contributed by atoms with Crippen molar-refractivity contribution < 1.29 is 24.2 Å². The molecule has 1 saturated carbocycles. The highest BCUT2D eigenvalue weighted by atomic mass is 16.5. The van der Waals surface area contributed by atoms with Crippen LogP contribution in [-0.4, -0.2) is 42.3 Å². The van der Waals surface area contributed by atoms with E-state index >= 15 is 0 Å². The minimum absolute atomic E-state index is 0.0542. The van der Waals surface area contributed by atoms with Crippen molar-refractivity contribution in [1.82, 2.24) is 5.32 Å². The molecule has 6 heteroatoms. The predicted molar refractivity (Wildman–Crippen MR) is 91.8 cm³/mol. The largest absolute Gasteiger partial charge is 0.491 e. The van der Waals surface area contributed by atoms with E-state index in [1.165, 1.54) is 0 Å². The van der Waals surface area contributed by atoms with Gasteiger partial charge in [-0.1, -0.05) is 0 Å². The summed E-state index contributed by atoms with van der Waals surface area (Å²) in [6.45, 7) is 1.35. The molecule has 1 unspecified atom stereocenters. The number of carbonyl (C=O) groups excluding carboxylic acids is 1. The van der Waals surface area contributed by atoms with Crippen LogP contribution in [0, 0.1) is 5.92 Å². The van der Waals surface area contributed by atoms with Gasteiger partial charge in [-0.15, -0.1) is 0 Å². The molecular formula is C19H25NO5. The topological polar surface area (TPSA) is 84.9 Å². The van der Waals surface area contributed by atoms with E-state index in [0.29, 0.717) is 37.9 Å². The van der Waals surface area contributed by atoms with E-state index in [4.69, 9.17) is 14.6 Å². The van der Waals surface area contributed by atoms with Gasteiger partial charge in [-0.05, 0) is 62.8 Å². The van der Waals surface area contributed by atoms with Crippen LogP contribution in [0.25, 0.3) is 0 Å². The maximum absolute atomic E-state index is 12.3. The van der Waals surface area contributed by atoms with Crippen molar-refractivity contribution in [3.63, 3.8) is 0 Å². The molecule has 2 N–H and O–H groups in total. The summed E-state index contributed by atoms with van der Waals surface area (Å²) in [6, 6.07) is 7.15. The lowest BCUT2D eigenvalue weighted by Crippen LogP contribution is -2.38. The molecule has 2 fully saturated rings. The maximum Gasteiger partial charge on any atom is 0.306 e. The molecule has 3 rings (SSSR count). The average Bonchev–Trinajstić information content (AvgIpc) is 3.14. The smallest absolute Gasteiger partial charge is 0.306 e. The minimum Gasteiger partial charge on any atom is -0.491 e. The van der Waals surface area contributed by atoms with Crippen LogP contribution in [0.2, 0.25) is 0 Å². The quantitative estimate of drug-likeness (QED) is 0.826. The summed E-state index contributed by atoms with van der Waals surface area (Å²) in [5, 5.41) is 12.0. The van der Waals surface area contributed by atoms with E-state index in [2.05, 4.69) is 5.32 Å². The summed E-state index contributed by atoms with van der Waals surface area (Å²) >= 11 is 0. The van der Waals surface area contributed by atoms with Crippen LogP contribution in [0.15, 0.2) is 24.3 Å². The third-order valence-electron chi connectivity index (χ3n) is 4.99. The second-order valence-corrected chi connectivity index (χ2v) is 6.83. The Kier molecular flexibility index (Phi) is 5.91. The molecule has 6 nitrogen and oxygen atoms in total. The first-order valence-electron chi connectivity index (χ1n) is 9.00. The number of benzene rings is 1. The van der Waals surface area contributed by atoms with E-state index in [-0.39, 0.29) is 24.0 Å². The number of hydrogen-bond acceptors (Lipinski definition) is 4. The van der Waals surface area contributed by atoms with Crippen molar-refractivity contribution in [3.05, 3.63) is 29.8 Å². The first kappa shape index (κ1) is 17.7. The van der Waals surface area contributed by atoms with Crippen molar-refractivity contribution >= 4 is 11.9 Å². The maximum atomic E-state index is 12.3. The Hall–Kier alpha value is -2.08. The van der Waals surface area contributed by atoms with Gasteiger partial charge in [-0.25, -0.2) is 0 Å². The highest BCUT2D eigenvalue weighted by Crippen LogP contribution is 2.25. The number of ether oxygens (including phenoxy) is 2. The van der Waals surface area contributed by atoms with Crippen LogP contribution in [0.1, 0.15) is 48.9 Å². The van der Waals surface area contributed by atoms with Crippen molar-refractivity contribution in [1.29, 1.82) is 0 Å². The van der Waals surface area contributed by atoms with Crippen LogP contribution in [0.3, 0.4) is 0 Å². The molecule has 1 aliphatic heterocycles. The van der Waals surface area contributed by atoms with Crippen LogP contribution in [-0.2, 0) is 9.53 Å². The molecule has 0 bridgehead atoms. The predicted octanol–water partition coefficient (Wildman–Crippen LogP) is 2.62. The van der Waals surface area contributed by atoms with Gasteiger partial charge in [0.05, 0.1) is 12.0 Å². The zero-order valence-electron chi connectivity index (χ0n) is 14.3. The summed E-state index contributed by atoms with van der Waals surface area (Å²) < 4.78 is 11.2. The molecule has 0 aromatic heterocycles. The van der Waals surface area contributed by atoms with E-state index in [0.717, 1.165) is 25.2 Å². The molecule has 1 amide bonds. The molecular weight excluding hydrogens is 322 g/mol. The van der Waals surface area contributed by atoms with Gasteiger partial charge in [0.1, 0.15) is 12.4 Å². The third-order valence-corrected chi connectivity index (χ3v) is 4.99. The summed E-state index contributed by atoms with van der Waals surface area (Å²) in [7, 11) is 0. The first-order valence-corrected chi connectivity index (χ1v) is 9.00. The van der Waals surface area contributed by atoms with Crippen molar-refractivity contribution in [3.8, 4) is 5.75 Å². The van der Waals surface area contributed by atoms with Crippen molar-refractivity contribution in [2.45, 2.75) is 50.7 Å². The molecule has 0 spiro atoms. The number of carboxylic acids is 1. The Morgan fingerprint density at radius 1 is 1.12 bits per heavy atom. The number of carboxylic acid groups (broad SMARTS) is 1. The summed E-state index contributed by atoms with van der Waals surface area (Å²) in [5.41, 5.74) is 0.588. The average molecular weight is 347 g/mol. The highest BCUT2D eigenvalue weighted by Gasteiger charge is 2.26. The van der Waals surface area contributed by atoms with Crippen LogP contribution in [0.4, 0.5) is 0 Å². The minimum atomic E-state index is -0.733. The molecule has 1 aliphatic carbocycles. The Bertz CT molecular complexity index is 586. The van der Waals surface area contributed by atoms with Crippen molar-refractivity contribution in [2.24, 2.45) is 5.92 Å². The second kappa shape index (κ2) is 8.34. The lowest BCUT2D eigenvalue weighted by molar-refractivity contribution is -0.142. The molecule has 136 valence electrons. The SMILES string of the molecule is O=C(NC1CCC(C(=O)O)CC1)c1ccc(OCC2CCCO2)cc1. The Morgan fingerprint density at radius 3 is 2.44 bits per heavy atom. The van der Waals surface area contributed by atoms with E-state index < -0.39 is 5.97 Å². The molecule has 1 aromatic rings. The number of nitrogens with one attached hydrogen (secondary N) is 1. The standard InChI is InChI=1S/C19H25NO5/c21-18(20-15-7-3-14(4-8-15)19(22)23)13-5-9-16(10-6-13)25-12-17-2-1-11-24-17/h5-6,9-10,14-15,17H,1-4,7-8,11-12H2,(H,20,21)(H,22,23). The Morgan fingerprint density at radius 2 is 1.84 bits per heavy atom. The van der Waals surface area contributed by atoms with Crippen LogP contribution >= 0.6 is 0 Å². The number of amides is 1. The fourth-order valence-corrected chi connectivity index (χ4v) is 3.42. The van der Waals surface area contributed by atoms with Gasteiger partial charge < -0.3 is 19.9 Å². The Labute approximate surface area is 147 Å². The molecule has 1 atom stereocenters. The molecule has 2 aliphatic rings. The second-order valence-electron chi connectivity index (χ2n) is 6.83. The lowest BCUT2D eigenvalue weighted by Gasteiger charge is -2.26. The van der Waals surface area contributed by atoms with Gasteiger partial charge in [0.15, 0.2) is 0 Å². The zero-order chi connectivity index (χ0) is 17.6. The normalized spacial score (nSPS) is 26.2. The molecule has 25 heavy (non-hydrogen) atoms. The molecule has 1 heterocycles. The highest BCUT2D eigenvalue weighted by molar-refractivity contribution is 5.94. The lowest BCUT2D eigenvalue weighted by atomic mass is 9.86. The fourth-order valence-electron chi connectivity index (χ4n) is 3.42. The number of hydrogen-bond donors (Lipinski definition) is 2. The summed E-state index contributed by atoms with van der Waals surface area (Å²) in [6.07, 6.45) is 4.96. The number of rotatable bonds is 6. The van der Waals surface area contributed by atoms with Gasteiger partial charge in [-0.2, -0.15) is 0 Å². The molecule has 1 aromatic carbocycles. The van der Waals surface area contributed by atoms with Gasteiger partial charge >= 0.3 is 5.97 Å². The molecule has 0 radical (unpaired) electrons. The number of carbonyl (C=O) groups is 2. The van der Waals surface area contributed by atoms with Crippen LogP contribution < -0.4 is 10.1 Å². The van der Waals surface area contributed by atoms with Gasteiger partial charge in [-0.3, -0.25) is 9.59 Å². The van der Waals surface area contributed by atoms with Gasteiger partial charge in [0.25, 0.3) is 5.91 Å².